The molecule has 0 saturated carbocycles. The average molecular weight is 978 g/mol. The fraction of sp³-hybridized carbons (Fsp3) is 1.00. The second-order valence-corrected chi connectivity index (χ2v) is 10.9. The molecule has 59 heavy (non-hydrogen) atoms. The van der Waals surface area contributed by atoms with Gasteiger partial charge in [0.25, 0.3) is 5.41 Å². The van der Waals surface area contributed by atoms with Gasteiger partial charge < -0.3 is 14.2 Å². The maximum atomic E-state index is 14.2. The lowest BCUT2D eigenvalue weighted by molar-refractivity contribution is -0.507. The molecule has 356 valence electrons. The van der Waals surface area contributed by atoms with E-state index in [2.05, 4.69) is 0 Å². The van der Waals surface area contributed by atoms with Gasteiger partial charge in [0.15, 0.2) is 0 Å². The number of rotatable bonds is 10. The van der Waals surface area contributed by atoms with Crippen molar-refractivity contribution in [1.29, 1.82) is 0 Å². The summed E-state index contributed by atoms with van der Waals surface area (Å²) < 4.78 is 496. The van der Waals surface area contributed by atoms with Crippen molar-refractivity contribution in [1.82, 2.24) is 0 Å². The van der Waals surface area contributed by atoms with Crippen LogP contribution in [0.15, 0.2) is 0 Å². The highest BCUT2D eigenvalue weighted by atomic mass is 19.5. The zero-order chi connectivity index (χ0) is 48.7. The highest BCUT2D eigenvalue weighted by Crippen LogP contribution is 2.70. The summed E-state index contributed by atoms with van der Waals surface area (Å²) in [4.78, 5) is 0. The van der Waals surface area contributed by atoms with E-state index < -0.39 is 122 Å². The van der Waals surface area contributed by atoms with Crippen LogP contribution in [-0.2, 0) is 14.2 Å². The van der Waals surface area contributed by atoms with Crippen LogP contribution in [0.5, 0.6) is 0 Å². The van der Waals surface area contributed by atoms with Gasteiger partial charge in [-0.25, -0.2) is 0 Å². The Labute approximate surface area is 295 Å². The highest BCUT2D eigenvalue weighted by molar-refractivity contribution is 5.15. The Bertz CT molecular complexity index is 1130. The summed E-state index contributed by atoms with van der Waals surface area (Å²) in [7, 11) is 0. The fourth-order valence-electron chi connectivity index (χ4n) is 4.76. The summed E-state index contributed by atoms with van der Waals surface area (Å²) in [6, 6.07) is 0. The Hall–Kier alpha value is -2.64. The molecular weight excluding hydrogens is 972 g/mol. The molecule has 0 radical (unpaired) electrons. The Kier molecular flexibility index (Phi) is 14.1. The molecule has 0 fully saturated rings. The van der Waals surface area contributed by atoms with Gasteiger partial charge in [-0.15, -0.1) is 0 Å². The molecule has 0 spiro atoms. The van der Waals surface area contributed by atoms with E-state index >= 15 is 0 Å². The van der Waals surface area contributed by atoms with Gasteiger partial charge in [0.1, 0.15) is 0 Å². The minimum absolute atomic E-state index is 1.70. The number of halogens is 36. The van der Waals surface area contributed by atoms with E-state index in [0.29, 0.717) is 0 Å². The van der Waals surface area contributed by atoms with E-state index in [0.717, 1.165) is 0 Å². The average Bonchev–Trinajstić information content (AvgIpc) is 2.79. The van der Waals surface area contributed by atoms with Crippen molar-refractivity contribution in [2.45, 2.75) is 90.9 Å². The quantitative estimate of drug-likeness (QED) is 0.204. The SMILES string of the molecule is FC(F)(F)C(OCC(COC(C(F)(F)F)(C(F)(F)F)C(F)(F)F)(COC(C(F)(F)F)(C(F)(F)F)C(F)(F)F)C(C(F)(F)F)(C(F)(F)F)C(F)(F)F)(C(F)(F)F)C(F)(F)F. The Morgan fingerprint density at radius 3 is 0.390 bits per heavy atom. The van der Waals surface area contributed by atoms with Gasteiger partial charge in [-0.2, -0.15) is 158 Å². The number of ether oxygens (including phenoxy) is 3. The lowest BCUT2D eigenvalue weighted by Crippen LogP contribution is -2.77. The van der Waals surface area contributed by atoms with Crippen LogP contribution in [-0.4, -0.2) is 111 Å². The zero-order valence-electron chi connectivity index (χ0n) is 25.5. The van der Waals surface area contributed by atoms with Crippen LogP contribution < -0.4 is 0 Å². The van der Waals surface area contributed by atoms with Crippen molar-refractivity contribution in [3.05, 3.63) is 0 Å². The zero-order valence-corrected chi connectivity index (χ0v) is 25.5. The summed E-state index contributed by atoms with van der Waals surface area (Å²) in [6.07, 6.45) is -108. The van der Waals surface area contributed by atoms with Crippen molar-refractivity contribution in [2.75, 3.05) is 19.8 Å². The molecule has 0 atom stereocenters. The highest BCUT2D eigenvalue weighted by Gasteiger charge is 2.95. The van der Waals surface area contributed by atoms with E-state index in [4.69, 9.17) is 0 Å². The molecule has 0 aromatic heterocycles. The minimum atomic E-state index is -9.72. The predicted octanol–water partition coefficient (Wildman–Crippen LogP) is 12.0. The van der Waals surface area contributed by atoms with Crippen LogP contribution in [0.1, 0.15) is 0 Å². The van der Waals surface area contributed by atoms with Crippen molar-refractivity contribution in [2.24, 2.45) is 10.8 Å². The Morgan fingerprint density at radius 2 is 0.305 bits per heavy atom. The van der Waals surface area contributed by atoms with Crippen LogP contribution in [0.25, 0.3) is 0 Å². The molecule has 3 nitrogen and oxygen atoms in total. The van der Waals surface area contributed by atoms with Gasteiger partial charge in [-0.05, 0) is 0 Å². The summed E-state index contributed by atoms with van der Waals surface area (Å²) in [6.45, 7) is -18.1. The van der Waals surface area contributed by atoms with Crippen LogP contribution in [0.2, 0.25) is 0 Å². The van der Waals surface area contributed by atoms with Crippen LogP contribution in [0.4, 0.5) is 158 Å². The molecule has 0 aromatic rings. The standard InChI is InChI=1S/C20H6F36O3/c21-9(22,23)5(10(24,25)26,11(27,28)29)4(1-57-6(12(30,31)32,13(33,34)35)14(36,37)38,2-58-7(15(39,40)41,16(42,43)44)17(45,46)47)3-59-8(18(48,49)50,19(51,52)53)20(54,55)56/h1-3H2. The van der Waals surface area contributed by atoms with Crippen molar-refractivity contribution in [3.63, 3.8) is 0 Å². The van der Waals surface area contributed by atoms with Crippen molar-refractivity contribution < 1.29 is 172 Å². The van der Waals surface area contributed by atoms with Gasteiger partial charge >= 0.3 is 90.9 Å². The second kappa shape index (κ2) is 14.7. The van der Waals surface area contributed by atoms with Crippen molar-refractivity contribution >= 4 is 0 Å². The Balaban J connectivity index is 9.90. The lowest BCUT2D eigenvalue weighted by Gasteiger charge is -2.54. The first-order valence-electron chi connectivity index (χ1n) is 12.6. The van der Waals surface area contributed by atoms with Crippen LogP contribution in [0.3, 0.4) is 0 Å². The maximum absolute atomic E-state index is 14.2. The third kappa shape index (κ3) is 8.60. The van der Waals surface area contributed by atoms with E-state index in [1.807, 2.05) is 0 Å². The molecule has 0 unspecified atom stereocenters. The molecule has 0 heterocycles. The summed E-state index contributed by atoms with van der Waals surface area (Å²) in [5, 5.41) is 0. The number of alkyl halides is 36. The molecule has 0 rings (SSSR count). The topological polar surface area (TPSA) is 27.7 Å². The molecule has 0 N–H and O–H groups in total. The molecule has 39 heteroatoms. The largest absolute Gasteiger partial charge is 0.435 e. The second-order valence-electron chi connectivity index (χ2n) is 10.9. The van der Waals surface area contributed by atoms with Gasteiger partial charge in [0, 0.05) is 0 Å². The molecule has 0 aromatic carbocycles. The van der Waals surface area contributed by atoms with Crippen LogP contribution >= 0.6 is 0 Å². The third-order valence-corrected chi connectivity index (χ3v) is 7.36. The predicted molar refractivity (Wildman–Crippen MR) is 104 cm³/mol. The lowest BCUT2D eigenvalue weighted by atomic mass is 9.61. The van der Waals surface area contributed by atoms with E-state index in [1.165, 1.54) is 0 Å². The molecule has 0 aliphatic heterocycles. The third-order valence-electron chi connectivity index (χ3n) is 7.36. The van der Waals surface area contributed by atoms with Gasteiger partial charge in [0.05, 0.1) is 25.2 Å². The minimum Gasteiger partial charge on any atom is -0.350 e. The van der Waals surface area contributed by atoms with E-state index in [1.54, 1.807) is 14.2 Å². The Morgan fingerprint density at radius 1 is 0.186 bits per heavy atom. The van der Waals surface area contributed by atoms with Gasteiger partial charge in [-0.1, -0.05) is 0 Å². The molecule has 0 saturated heterocycles. The summed E-state index contributed by atoms with van der Waals surface area (Å²) >= 11 is 0. The first-order valence-corrected chi connectivity index (χ1v) is 12.6. The number of hydrogen-bond acceptors (Lipinski definition) is 3. The summed E-state index contributed by atoms with van der Waals surface area (Å²) in [5.41, 5.74) is -45.2. The number of hydrogen-bond donors (Lipinski definition) is 0. The summed E-state index contributed by atoms with van der Waals surface area (Å²) in [5.74, 6) is 0. The molecule has 0 amide bonds. The fourth-order valence-corrected chi connectivity index (χ4v) is 4.76. The molecule has 0 aliphatic carbocycles. The first kappa shape index (κ1) is 56.4. The monoisotopic (exact) mass is 978 g/mol. The first-order chi connectivity index (χ1) is 24.9. The van der Waals surface area contributed by atoms with Crippen molar-refractivity contribution in [3.8, 4) is 0 Å². The van der Waals surface area contributed by atoms with Gasteiger partial charge in [-0.3, -0.25) is 0 Å². The van der Waals surface area contributed by atoms with E-state index in [-0.39, 0.29) is 0 Å². The maximum Gasteiger partial charge on any atom is 0.435 e. The molecular formula is C20H6F36O3. The van der Waals surface area contributed by atoms with E-state index in [9.17, 15) is 158 Å². The molecule has 0 bridgehead atoms. The van der Waals surface area contributed by atoms with Crippen LogP contribution in [0, 0.1) is 10.8 Å². The normalized spacial score (nSPS) is 16.9. The smallest absolute Gasteiger partial charge is 0.350 e. The van der Waals surface area contributed by atoms with Gasteiger partial charge in [0.2, 0.25) is 0 Å². The molecule has 0 aliphatic rings.